The molecular formula is C13H26N2. The molecule has 0 spiro atoms. The molecule has 15 heavy (non-hydrogen) atoms. The molecule has 2 aliphatic rings. The molecule has 0 aromatic rings. The van der Waals surface area contributed by atoms with Crippen molar-refractivity contribution in [1.82, 2.24) is 9.80 Å². The van der Waals surface area contributed by atoms with Crippen molar-refractivity contribution in [2.24, 2.45) is 11.8 Å². The summed E-state index contributed by atoms with van der Waals surface area (Å²) in [6, 6.07) is 0. The molecule has 2 nitrogen and oxygen atoms in total. The Bertz CT molecular complexity index is 185. The predicted molar refractivity (Wildman–Crippen MR) is 65.1 cm³/mol. The minimum Gasteiger partial charge on any atom is -0.303 e. The zero-order chi connectivity index (χ0) is 10.7. The van der Waals surface area contributed by atoms with Crippen molar-refractivity contribution in [3.63, 3.8) is 0 Å². The summed E-state index contributed by atoms with van der Waals surface area (Å²) in [6.45, 7) is 12.7. The quantitative estimate of drug-likeness (QED) is 0.703. The SMILES string of the molecule is CCN1CCC(CN2CCC(C)CC2)C1. The van der Waals surface area contributed by atoms with Crippen LogP contribution in [0.4, 0.5) is 0 Å². The Hall–Kier alpha value is -0.0800. The molecule has 1 atom stereocenters. The van der Waals surface area contributed by atoms with E-state index in [-0.39, 0.29) is 0 Å². The van der Waals surface area contributed by atoms with E-state index in [1.165, 1.54) is 58.5 Å². The van der Waals surface area contributed by atoms with Crippen LogP contribution < -0.4 is 0 Å². The van der Waals surface area contributed by atoms with Gasteiger partial charge in [-0.1, -0.05) is 13.8 Å². The predicted octanol–water partition coefficient (Wildman–Crippen LogP) is 2.06. The van der Waals surface area contributed by atoms with Gasteiger partial charge in [-0.05, 0) is 57.3 Å². The lowest BCUT2D eigenvalue weighted by Gasteiger charge is -2.32. The highest BCUT2D eigenvalue weighted by Gasteiger charge is 2.24. The van der Waals surface area contributed by atoms with E-state index in [2.05, 4.69) is 23.6 Å². The minimum absolute atomic E-state index is 0.957. The molecule has 2 aliphatic heterocycles. The van der Waals surface area contributed by atoms with Crippen molar-refractivity contribution in [1.29, 1.82) is 0 Å². The van der Waals surface area contributed by atoms with Crippen molar-refractivity contribution < 1.29 is 0 Å². The molecule has 1 unspecified atom stereocenters. The largest absolute Gasteiger partial charge is 0.303 e. The van der Waals surface area contributed by atoms with Crippen LogP contribution in [-0.2, 0) is 0 Å². The summed E-state index contributed by atoms with van der Waals surface area (Å²) >= 11 is 0. The first-order valence-electron chi connectivity index (χ1n) is 6.72. The first-order chi connectivity index (χ1) is 7.28. The van der Waals surface area contributed by atoms with E-state index >= 15 is 0 Å². The molecule has 0 radical (unpaired) electrons. The van der Waals surface area contributed by atoms with E-state index in [1.807, 2.05) is 0 Å². The molecule has 2 fully saturated rings. The molecule has 2 heteroatoms. The minimum atomic E-state index is 0.957. The van der Waals surface area contributed by atoms with Crippen LogP contribution in [0.2, 0.25) is 0 Å². The third-order valence-electron chi connectivity index (χ3n) is 4.21. The Morgan fingerprint density at radius 2 is 1.67 bits per heavy atom. The normalized spacial score (nSPS) is 31.2. The number of hydrogen-bond acceptors (Lipinski definition) is 2. The maximum Gasteiger partial charge on any atom is 0.00224 e. The summed E-state index contributed by atoms with van der Waals surface area (Å²) in [5.41, 5.74) is 0. The molecule has 0 amide bonds. The number of likely N-dealkylation sites (tertiary alicyclic amines) is 2. The van der Waals surface area contributed by atoms with Gasteiger partial charge < -0.3 is 9.80 Å². The number of piperidine rings is 1. The van der Waals surface area contributed by atoms with E-state index in [9.17, 15) is 0 Å². The Balaban J connectivity index is 1.69. The molecule has 2 heterocycles. The average molecular weight is 210 g/mol. The third-order valence-corrected chi connectivity index (χ3v) is 4.21. The van der Waals surface area contributed by atoms with Gasteiger partial charge in [0, 0.05) is 13.1 Å². The maximum absolute atomic E-state index is 2.70. The highest BCUT2D eigenvalue weighted by atomic mass is 15.2. The van der Waals surface area contributed by atoms with E-state index in [4.69, 9.17) is 0 Å². The second kappa shape index (κ2) is 5.31. The average Bonchev–Trinajstić information content (AvgIpc) is 2.69. The van der Waals surface area contributed by atoms with Crippen molar-refractivity contribution in [3.8, 4) is 0 Å². The summed E-state index contributed by atoms with van der Waals surface area (Å²) in [6.07, 6.45) is 4.27. The van der Waals surface area contributed by atoms with E-state index in [0.717, 1.165) is 11.8 Å². The molecule has 2 rings (SSSR count). The Morgan fingerprint density at radius 1 is 1.00 bits per heavy atom. The van der Waals surface area contributed by atoms with Crippen LogP contribution in [0, 0.1) is 11.8 Å². The zero-order valence-corrected chi connectivity index (χ0v) is 10.4. The molecule has 0 saturated carbocycles. The summed E-state index contributed by atoms with van der Waals surface area (Å²) < 4.78 is 0. The van der Waals surface area contributed by atoms with E-state index in [1.54, 1.807) is 0 Å². The smallest absolute Gasteiger partial charge is 0.00224 e. The van der Waals surface area contributed by atoms with E-state index in [0.29, 0.717) is 0 Å². The van der Waals surface area contributed by atoms with Crippen molar-refractivity contribution in [3.05, 3.63) is 0 Å². The van der Waals surface area contributed by atoms with Crippen LogP contribution in [0.1, 0.15) is 33.1 Å². The number of rotatable bonds is 3. The van der Waals surface area contributed by atoms with Crippen molar-refractivity contribution in [2.75, 3.05) is 39.3 Å². The standard InChI is InChI=1S/C13H26N2/c1-3-14-9-6-13(10-14)11-15-7-4-12(2)5-8-15/h12-13H,3-11H2,1-2H3. The molecule has 88 valence electrons. The second-order valence-electron chi connectivity index (χ2n) is 5.53. The lowest BCUT2D eigenvalue weighted by Crippen LogP contribution is -2.37. The second-order valence-corrected chi connectivity index (χ2v) is 5.53. The van der Waals surface area contributed by atoms with Crippen LogP contribution in [0.5, 0.6) is 0 Å². The van der Waals surface area contributed by atoms with E-state index < -0.39 is 0 Å². The van der Waals surface area contributed by atoms with Gasteiger partial charge in [-0.25, -0.2) is 0 Å². The van der Waals surface area contributed by atoms with Crippen molar-refractivity contribution >= 4 is 0 Å². The monoisotopic (exact) mass is 210 g/mol. The molecule has 0 bridgehead atoms. The van der Waals surface area contributed by atoms with Gasteiger partial charge in [0.15, 0.2) is 0 Å². The zero-order valence-electron chi connectivity index (χ0n) is 10.4. The van der Waals surface area contributed by atoms with Crippen molar-refractivity contribution in [2.45, 2.75) is 33.1 Å². The molecule has 0 aliphatic carbocycles. The summed E-state index contributed by atoms with van der Waals surface area (Å²) in [5.74, 6) is 1.93. The summed E-state index contributed by atoms with van der Waals surface area (Å²) in [7, 11) is 0. The topological polar surface area (TPSA) is 6.48 Å². The van der Waals surface area contributed by atoms with Crippen LogP contribution in [0.15, 0.2) is 0 Å². The molecule has 0 aromatic heterocycles. The Kier molecular flexibility index (Phi) is 4.04. The molecule has 2 saturated heterocycles. The summed E-state index contributed by atoms with van der Waals surface area (Å²) in [5, 5.41) is 0. The molecule has 0 N–H and O–H groups in total. The van der Waals surface area contributed by atoms with Crippen LogP contribution >= 0.6 is 0 Å². The first-order valence-corrected chi connectivity index (χ1v) is 6.72. The first kappa shape index (κ1) is 11.4. The van der Waals surface area contributed by atoms with Gasteiger partial charge in [0.2, 0.25) is 0 Å². The third kappa shape index (κ3) is 3.18. The number of nitrogens with zero attached hydrogens (tertiary/aromatic N) is 2. The highest BCUT2D eigenvalue weighted by Crippen LogP contribution is 2.21. The van der Waals surface area contributed by atoms with Gasteiger partial charge >= 0.3 is 0 Å². The van der Waals surface area contributed by atoms with Crippen LogP contribution in [0.25, 0.3) is 0 Å². The maximum atomic E-state index is 2.70. The fraction of sp³-hybridized carbons (Fsp3) is 1.00. The van der Waals surface area contributed by atoms with Gasteiger partial charge in [-0.2, -0.15) is 0 Å². The van der Waals surface area contributed by atoms with Crippen LogP contribution in [0.3, 0.4) is 0 Å². The lowest BCUT2D eigenvalue weighted by molar-refractivity contribution is 0.166. The fourth-order valence-corrected chi connectivity index (χ4v) is 2.96. The summed E-state index contributed by atoms with van der Waals surface area (Å²) in [4.78, 5) is 5.29. The molecular weight excluding hydrogens is 184 g/mol. The van der Waals surface area contributed by atoms with Crippen LogP contribution in [-0.4, -0.2) is 49.1 Å². The fourth-order valence-electron chi connectivity index (χ4n) is 2.96. The lowest BCUT2D eigenvalue weighted by atomic mass is 9.98. The van der Waals surface area contributed by atoms with Gasteiger partial charge in [-0.15, -0.1) is 0 Å². The van der Waals surface area contributed by atoms with Gasteiger partial charge in [0.05, 0.1) is 0 Å². The number of hydrogen-bond donors (Lipinski definition) is 0. The Labute approximate surface area is 94.6 Å². The Morgan fingerprint density at radius 3 is 2.27 bits per heavy atom. The highest BCUT2D eigenvalue weighted by molar-refractivity contribution is 4.79. The van der Waals surface area contributed by atoms with Gasteiger partial charge in [-0.3, -0.25) is 0 Å². The van der Waals surface area contributed by atoms with Gasteiger partial charge in [0.25, 0.3) is 0 Å². The van der Waals surface area contributed by atoms with Gasteiger partial charge in [0.1, 0.15) is 0 Å². The molecule has 0 aromatic carbocycles.